The molecule has 0 aliphatic heterocycles. The average Bonchev–Trinajstić information content (AvgIpc) is 2.28. The van der Waals surface area contributed by atoms with Crippen LogP contribution >= 0.6 is 0 Å². The van der Waals surface area contributed by atoms with Gasteiger partial charge in [-0.25, -0.2) is 0 Å². The summed E-state index contributed by atoms with van der Waals surface area (Å²) in [5, 5.41) is 5.99. The zero-order chi connectivity index (χ0) is 12.8. The van der Waals surface area contributed by atoms with Gasteiger partial charge in [-0.1, -0.05) is 32.0 Å². The fourth-order valence-electron chi connectivity index (χ4n) is 1.47. The summed E-state index contributed by atoms with van der Waals surface area (Å²) >= 11 is 0. The van der Waals surface area contributed by atoms with Crippen LogP contribution in [0.15, 0.2) is 18.2 Å². The van der Waals surface area contributed by atoms with Gasteiger partial charge in [-0.2, -0.15) is 0 Å². The first-order valence-electron chi connectivity index (χ1n) is 6.05. The van der Waals surface area contributed by atoms with E-state index in [0.29, 0.717) is 19.1 Å². The highest BCUT2D eigenvalue weighted by molar-refractivity contribution is 5.78. The van der Waals surface area contributed by atoms with E-state index in [1.165, 1.54) is 11.1 Å². The summed E-state index contributed by atoms with van der Waals surface area (Å²) in [6.45, 7) is 9.20. The van der Waals surface area contributed by atoms with Crippen LogP contribution in [0.25, 0.3) is 0 Å². The van der Waals surface area contributed by atoms with E-state index in [1.807, 2.05) is 13.8 Å². The van der Waals surface area contributed by atoms with Crippen molar-refractivity contribution in [2.75, 3.05) is 6.54 Å². The van der Waals surface area contributed by atoms with E-state index in [9.17, 15) is 4.79 Å². The van der Waals surface area contributed by atoms with Gasteiger partial charge in [-0.3, -0.25) is 4.79 Å². The van der Waals surface area contributed by atoms with Crippen molar-refractivity contribution < 1.29 is 4.79 Å². The molecule has 0 unspecified atom stereocenters. The fraction of sp³-hybridized carbons (Fsp3) is 0.500. The van der Waals surface area contributed by atoms with Crippen LogP contribution in [0.5, 0.6) is 0 Å². The fourth-order valence-corrected chi connectivity index (χ4v) is 1.47. The Morgan fingerprint density at radius 2 is 1.94 bits per heavy atom. The number of amides is 1. The highest BCUT2D eigenvalue weighted by Gasteiger charge is 2.02. The first-order valence-corrected chi connectivity index (χ1v) is 6.05. The molecule has 3 heteroatoms. The zero-order valence-corrected chi connectivity index (χ0v) is 11.1. The number of carbonyl (C=O) groups is 1. The summed E-state index contributed by atoms with van der Waals surface area (Å²) in [5.41, 5.74) is 3.68. The molecule has 1 amide bonds. The Kier molecular flexibility index (Phi) is 5.16. The van der Waals surface area contributed by atoms with E-state index in [0.717, 1.165) is 5.56 Å². The highest BCUT2D eigenvalue weighted by atomic mass is 16.1. The molecule has 1 rings (SSSR count). The summed E-state index contributed by atoms with van der Waals surface area (Å²) in [6.07, 6.45) is 0. The Labute approximate surface area is 104 Å². The van der Waals surface area contributed by atoms with Crippen molar-refractivity contribution in [3.63, 3.8) is 0 Å². The van der Waals surface area contributed by atoms with E-state index in [-0.39, 0.29) is 5.91 Å². The second kappa shape index (κ2) is 6.40. The summed E-state index contributed by atoms with van der Waals surface area (Å²) in [4.78, 5) is 11.5. The van der Waals surface area contributed by atoms with Crippen LogP contribution in [0.4, 0.5) is 0 Å². The molecule has 0 radical (unpaired) electrons. The van der Waals surface area contributed by atoms with Gasteiger partial charge in [0.2, 0.25) is 5.91 Å². The maximum Gasteiger partial charge on any atom is 0.234 e. The largest absolute Gasteiger partial charge is 0.351 e. The first-order chi connectivity index (χ1) is 7.99. The molecule has 0 saturated carbocycles. The third kappa shape index (κ3) is 5.00. The quantitative estimate of drug-likeness (QED) is 0.817. The van der Waals surface area contributed by atoms with Gasteiger partial charge >= 0.3 is 0 Å². The molecule has 0 aromatic heterocycles. The maximum atomic E-state index is 11.5. The Bertz CT molecular complexity index is 386. The van der Waals surface area contributed by atoms with Crippen LogP contribution < -0.4 is 10.6 Å². The number of benzene rings is 1. The summed E-state index contributed by atoms with van der Waals surface area (Å²) < 4.78 is 0. The van der Waals surface area contributed by atoms with Gasteiger partial charge in [0, 0.05) is 12.6 Å². The van der Waals surface area contributed by atoms with Crippen molar-refractivity contribution in [2.45, 2.75) is 40.3 Å². The minimum atomic E-state index is 0.0388. The van der Waals surface area contributed by atoms with Gasteiger partial charge in [-0.15, -0.1) is 0 Å². The number of rotatable bonds is 5. The van der Waals surface area contributed by atoms with E-state index >= 15 is 0 Å². The minimum Gasteiger partial charge on any atom is -0.351 e. The monoisotopic (exact) mass is 234 g/mol. The molecule has 94 valence electrons. The van der Waals surface area contributed by atoms with Crippen molar-refractivity contribution >= 4 is 5.91 Å². The van der Waals surface area contributed by atoms with Gasteiger partial charge < -0.3 is 10.6 Å². The van der Waals surface area contributed by atoms with E-state index in [4.69, 9.17) is 0 Å². The third-order valence-electron chi connectivity index (χ3n) is 2.73. The first kappa shape index (κ1) is 13.7. The lowest BCUT2D eigenvalue weighted by atomic mass is 10.1. The average molecular weight is 234 g/mol. The standard InChI is InChI=1S/C14H22N2O/c1-10(2)15-9-14(17)16-8-13-6-5-11(3)12(4)7-13/h5-7,10,15H,8-9H2,1-4H3,(H,16,17). The van der Waals surface area contributed by atoms with Crippen molar-refractivity contribution in [1.29, 1.82) is 0 Å². The van der Waals surface area contributed by atoms with Crippen LogP contribution in [0.1, 0.15) is 30.5 Å². The molecule has 3 nitrogen and oxygen atoms in total. The lowest BCUT2D eigenvalue weighted by Crippen LogP contribution is -2.36. The molecule has 0 heterocycles. The van der Waals surface area contributed by atoms with E-state index in [1.54, 1.807) is 0 Å². The summed E-state index contributed by atoms with van der Waals surface area (Å²) in [6, 6.07) is 6.59. The molecule has 0 atom stereocenters. The second-order valence-electron chi connectivity index (χ2n) is 4.73. The van der Waals surface area contributed by atoms with Crippen LogP contribution in [-0.4, -0.2) is 18.5 Å². The van der Waals surface area contributed by atoms with Crippen molar-refractivity contribution in [1.82, 2.24) is 10.6 Å². The normalized spacial score (nSPS) is 10.6. The second-order valence-corrected chi connectivity index (χ2v) is 4.73. The van der Waals surface area contributed by atoms with Crippen molar-refractivity contribution in [3.05, 3.63) is 34.9 Å². The molecule has 1 aromatic carbocycles. The van der Waals surface area contributed by atoms with E-state index in [2.05, 4.69) is 42.7 Å². The third-order valence-corrected chi connectivity index (χ3v) is 2.73. The van der Waals surface area contributed by atoms with Crippen LogP contribution in [-0.2, 0) is 11.3 Å². The van der Waals surface area contributed by atoms with Gasteiger partial charge in [-0.05, 0) is 30.5 Å². The molecule has 0 aliphatic carbocycles. The minimum absolute atomic E-state index is 0.0388. The van der Waals surface area contributed by atoms with Gasteiger partial charge in [0.15, 0.2) is 0 Å². The molecule has 17 heavy (non-hydrogen) atoms. The Balaban J connectivity index is 2.39. The number of hydrogen-bond donors (Lipinski definition) is 2. The summed E-state index contributed by atoms with van der Waals surface area (Å²) in [7, 11) is 0. The molecular formula is C14H22N2O. The lowest BCUT2D eigenvalue weighted by molar-refractivity contribution is -0.120. The molecule has 0 bridgehead atoms. The number of hydrogen-bond acceptors (Lipinski definition) is 2. The SMILES string of the molecule is Cc1ccc(CNC(=O)CNC(C)C)cc1C. The number of aryl methyl sites for hydroxylation is 2. The van der Waals surface area contributed by atoms with Gasteiger partial charge in [0.25, 0.3) is 0 Å². The van der Waals surface area contributed by atoms with Crippen LogP contribution in [0, 0.1) is 13.8 Å². The van der Waals surface area contributed by atoms with Crippen LogP contribution in [0.2, 0.25) is 0 Å². The Hall–Kier alpha value is -1.35. The number of carbonyl (C=O) groups excluding carboxylic acids is 1. The van der Waals surface area contributed by atoms with Crippen LogP contribution in [0.3, 0.4) is 0 Å². The van der Waals surface area contributed by atoms with Gasteiger partial charge in [0.05, 0.1) is 6.54 Å². The molecule has 2 N–H and O–H groups in total. The van der Waals surface area contributed by atoms with Gasteiger partial charge in [0.1, 0.15) is 0 Å². The van der Waals surface area contributed by atoms with Crippen molar-refractivity contribution in [2.24, 2.45) is 0 Å². The van der Waals surface area contributed by atoms with E-state index < -0.39 is 0 Å². The molecule has 0 aliphatic rings. The molecule has 1 aromatic rings. The summed E-state index contributed by atoms with van der Waals surface area (Å²) in [5.74, 6) is 0.0388. The molecule has 0 spiro atoms. The lowest BCUT2D eigenvalue weighted by Gasteiger charge is -2.10. The topological polar surface area (TPSA) is 41.1 Å². The predicted octanol–water partition coefficient (Wildman–Crippen LogP) is 1.92. The maximum absolute atomic E-state index is 11.5. The molecular weight excluding hydrogens is 212 g/mol. The highest BCUT2D eigenvalue weighted by Crippen LogP contribution is 2.09. The number of nitrogens with one attached hydrogen (secondary N) is 2. The zero-order valence-electron chi connectivity index (χ0n) is 11.1. The Morgan fingerprint density at radius 1 is 1.24 bits per heavy atom. The molecule has 0 saturated heterocycles. The Morgan fingerprint density at radius 3 is 2.53 bits per heavy atom. The smallest absolute Gasteiger partial charge is 0.234 e. The molecule has 0 fully saturated rings. The predicted molar refractivity (Wildman–Crippen MR) is 70.9 cm³/mol. The van der Waals surface area contributed by atoms with Crippen molar-refractivity contribution in [3.8, 4) is 0 Å².